The fourth-order valence-electron chi connectivity index (χ4n) is 2.98. The minimum absolute atomic E-state index is 0.0504. The topological polar surface area (TPSA) is 64.4 Å². The van der Waals surface area contributed by atoms with Gasteiger partial charge in [0.25, 0.3) is 5.56 Å². The van der Waals surface area contributed by atoms with Crippen LogP contribution < -0.4 is 10.3 Å². The molecule has 0 aliphatic rings. The average Bonchev–Trinajstić information content (AvgIpc) is 2.79. The quantitative estimate of drug-likeness (QED) is 0.335. The Labute approximate surface area is 184 Å². The number of rotatable bonds is 6. The molecule has 0 saturated carbocycles. The van der Waals surface area contributed by atoms with Gasteiger partial charge in [-0.15, -0.1) is 0 Å². The Balaban J connectivity index is 1.72. The second-order valence-corrected chi connectivity index (χ2v) is 7.98. The molecule has 0 radical (unpaired) electrons. The second kappa shape index (κ2) is 9.06. The van der Waals surface area contributed by atoms with E-state index in [2.05, 4.69) is 4.98 Å². The molecule has 0 spiro atoms. The Kier molecular flexibility index (Phi) is 6.04. The number of thioether (sulfide) groups is 1. The van der Waals surface area contributed by atoms with Gasteiger partial charge in [-0.05, 0) is 48.5 Å². The van der Waals surface area contributed by atoms with Gasteiger partial charge >= 0.3 is 0 Å². The van der Waals surface area contributed by atoms with Gasteiger partial charge in [0.15, 0.2) is 5.16 Å². The van der Waals surface area contributed by atoms with Gasteiger partial charge in [-0.1, -0.05) is 42.1 Å². The Morgan fingerprint density at radius 2 is 1.58 bits per heavy atom. The molecule has 6 nitrogen and oxygen atoms in total. The highest BCUT2D eigenvalue weighted by Crippen LogP contribution is 2.25. The van der Waals surface area contributed by atoms with Crippen LogP contribution in [0.15, 0.2) is 88.8 Å². The largest absolute Gasteiger partial charge is 0.457 e. The maximum absolute atomic E-state index is 13.3. The van der Waals surface area contributed by atoms with E-state index in [4.69, 9.17) is 4.74 Å². The van der Waals surface area contributed by atoms with Gasteiger partial charge in [-0.3, -0.25) is 14.2 Å². The standard InChI is InChI=1S/C24H21N3O3S/c1-26(2)22(28)16-31-24-25-21-11-7-6-10-20(21)23(29)27(24)17-12-14-19(15-13-17)30-18-8-4-3-5-9-18/h3-15H,16H2,1-2H3. The van der Waals surface area contributed by atoms with Crippen molar-refractivity contribution in [2.45, 2.75) is 5.16 Å². The molecule has 4 rings (SSSR count). The number of benzene rings is 3. The number of hydrogen-bond donors (Lipinski definition) is 0. The highest BCUT2D eigenvalue weighted by Gasteiger charge is 2.15. The number of aromatic nitrogens is 2. The van der Waals surface area contributed by atoms with Crippen LogP contribution in [0.5, 0.6) is 11.5 Å². The number of ether oxygens (including phenoxy) is 1. The van der Waals surface area contributed by atoms with Crippen molar-refractivity contribution >= 4 is 28.6 Å². The number of fused-ring (bicyclic) bond motifs is 1. The molecule has 4 aromatic rings. The number of para-hydroxylation sites is 2. The van der Waals surface area contributed by atoms with Crippen molar-refractivity contribution in [1.82, 2.24) is 14.5 Å². The molecule has 0 atom stereocenters. The predicted octanol–water partition coefficient (Wildman–Crippen LogP) is 4.36. The summed E-state index contributed by atoms with van der Waals surface area (Å²) in [5, 5.41) is 0.992. The molecular formula is C24H21N3O3S. The molecule has 0 aliphatic carbocycles. The zero-order valence-corrected chi connectivity index (χ0v) is 18.0. The van der Waals surface area contributed by atoms with Crippen LogP contribution in [0.1, 0.15) is 0 Å². The minimum atomic E-state index is -0.179. The van der Waals surface area contributed by atoms with Gasteiger partial charge < -0.3 is 9.64 Å². The van der Waals surface area contributed by atoms with E-state index >= 15 is 0 Å². The van der Waals surface area contributed by atoms with E-state index in [0.29, 0.717) is 27.5 Å². The van der Waals surface area contributed by atoms with E-state index in [1.165, 1.54) is 16.7 Å². The monoisotopic (exact) mass is 431 g/mol. The predicted molar refractivity (Wildman–Crippen MR) is 123 cm³/mol. The molecule has 0 N–H and O–H groups in total. The Morgan fingerprint density at radius 1 is 0.935 bits per heavy atom. The highest BCUT2D eigenvalue weighted by atomic mass is 32.2. The third kappa shape index (κ3) is 4.62. The lowest BCUT2D eigenvalue weighted by Gasteiger charge is -2.15. The molecule has 1 heterocycles. The van der Waals surface area contributed by atoms with E-state index in [-0.39, 0.29) is 17.2 Å². The molecule has 1 amide bonds. The zero-order valence-electron chi connectivity index (χ0n) is 17.2. The normalized spacial score (nSPS) is 10.8. The van der Waals surface area contributed by atoms with Crippen molar-refractivity contribution in [3.63, 3.8) is 0 Å². The number of hydrogen-bond acceptors (Lipinski definition) is 5. The Bertz CT molecular complexity index is 1270. The maximum atomic E-state index is 13.3. The fraction of sp³-hybridized carbons (Fsp3) is 0.125. The third-order valence-electron chi connectivity index (χ3n) is 4.64. The van der Waals surface area contributed by atoms with Crippen LogP contribution in [-0.2, 0) is 4.79 Å². The van der Waals surface area contributed by atoms with E-state index in [9.17, 15) is 9.59 Å². The Morgan fingerprint density at radius 3 is 2.29 bits per heavy atom. The van der Waals surface area contributed by atoms with E-state index in [1.54, 1.807) is 30.8 Å². The van der Waals surface area contributed by atoms with E-state index < -0.39 is 0 Å². The third-order valence-corrected chi connectivity index (χ3v) is 5.57. The molecule has 1 aromatic heterocycles. The van der Waals surface area contributed by atoms with Gasteiger partial charge in [0.05, 0.1) is 22.3 Å². The van der Waals surface area contributed by atoms with Crippen molar-refractivity contribution in [3.8, 4) is 17.2 Å². The van der Waals surface area contributed by atoms with Crippen molar-refractivity contribution < 1.29 is 9.53 Å². The van der Waals surface area contributed by atoms with E-state index in [1.807, 2.05) is 66.7 Å². The van der Waals surface area contributed by atoms with Crippen LogP contribution in [-0.4, -0.2) is 40.2 Å². The minimum Gasteiger partial charge on any atom is -0.457 e. The van der Waals surface area contributed by atoms with Gasteiger partial charge in [-0.2, -0.15) is 0 Å². The van der Waals surface area contributed by atoms with Crippen LogP contribution in [0, 0.1) is 0 Å². The molecule has 31 heavy (non-hydrogen) atoms. The first-order chi connectivity index (χ1) is 15.0. The van der Waals surface area contributed by atoms with Crippen molar-refractivity contribution in [2.24, 2.45) is 0 Å². The maximum Gasteiger partial charge on any atom is 0.266 e. The molecule has 156 valence electrons. The smallest absolute Gasteiger partial charge is 0.266 e. The zero-order chi connectivity index (χ0) is 21.8. The first-order valence-electron chi connectivity index (χ1n) is 9.71. The van der Waals surface area contributed by atoms with Gasteiger partial charge in [-0.25, -0.2) is 4.98 Å². The molecule has 0 unspecified atom stereocenters. The van der Waals surface area contributed by atoms with Crippen LogP contribution in [0.25, 0.3) is 16.6 Å². The van der Waals surface area contributed by atoms with Crippen molar-refractivity contribution in [1.29, 1.82) is 0 Å². The summed E-state index contributed by atoms with van der Waals surface area (Å²) in [4.78, 5) is 31.6. The SMILES string of the molecule is CN(C)C(=O)CSc1nc2ccccc2c(=O)n1-c1ccc(Oc2ccccc2)cc1. The summed E-state index contributed by atoms with van der Waals surface area (Å²) in [6, 6.07) is 24.0. The molecule has 3 aromatic carbocycles. The summed E-state index contributed by atoms with van der Waals surface area (Å²) in [6.07, 6.45) is 0. The summed E-state index contributed by atoms with van der Waals surface area (Å²) in [5.41, 5.74) is 1.08. The van der Waals surface area contributed by atoms with Crippen LogP contribution in [0.4, 0.5) is 0 Å². The van der Waals surface area contributed by atoms with Crippen molar-refractivity contribution in [2.75, 3.05) is 19.8 Å². The lowest BCUT2D eigenvalue weighted by Crippen LogP contribution is -2.25. The summed E-state index contributed by atoms with van der Waals surface area (Å²) in [5.74, 6) is 1.53. The average molecular weight is 432 g/mol. The second-order valence-electron chi connectivity index (χ2n) is 7.04. The van der Waals surface area contributed by atoms with Gasteiger partial charge in [0.1, 0.15) is 11.5 Å². The summed E-state index contributed by atoms with van der Waals surface area (Å²) in [7, 11) is 3.41. The summed E-state index contributed by atoms with van der Waals surface area (Å²) < 4.78 is 7.39. The number of carbonyl (C=O) groups excluding carboxylic acids is 1. The number of nitrogens with zero attached hydrogens (tertiary/aromatic N) is 3. The van der Waals surface area contributed by atoms with Crippen LogP contribution in [0.2, 0.25) is 0 Å². The lowest BCUT2D eigenvalue weighted by molar-refractivity contribution is -0.125. The van der Waals surface area contributed by atoms with Crippen molar-refractivity contribution in [3.05, 3.63) is 89.2 Å². The van der Waals surface area contributed by atoms with E-state index in [0.717, 1.165) is 5.75 Å². The number of carbonyl (C=O) groups is 1. The summed E-state index contributed by atoms with van der Waals surface area (Å²) in [6.45, 7) is 0. The fourth-order valence-corrected chi connectivity index (χ4v) is 3.97. The lowest BCUT2D eigenvalue weighted by atomic mass is 10.2. The summed E-state index contributed by atoms with van der Waals surface area (Å²) >= 11 is 1.24. The highest BCUT2D eigenvalue weighted by molar-refractivity contribution is 7.99. The van der Waals surface area contributed by atoms with Crippen LogP contribution >= 0.6 is 11.8 Å². The molecule has 0 aliphatic heterocycles. The first kappa shape index (κ1) is 20.7. The molecule has 0 bridgehead atoms. The molecular weight excluding hydrogens is 410 g/mol. The van der Waals surface area contributed by atoms with Gasteiger partial charge in [0, 0.05) is 14.1 Å². The molecule has 7 heteroatoms. The molecule has 0 saturated heterocycles. The number of amides is 1. The Hall–Kier alpha value is -3.58. The van der Waals surface area contributed by atoms with Gasteiger partial charge in [0.2, 0.25) is 5.91 Å². The van der Waals surface area contributed by atoms with Crippen LogP contribution in [0.3, 0.4) is 0 Å². The molecule has 0 fully saturated rings. The first-order valence-corrected chi connectivity index (χ1v) is 10.7.